The number of nitrogens with one attached hydrogen (secondary N) is 1. The molecule has 0 aliphatic rings. The van der Waals surface area contributed by atoms with E-state index >= 15 is 0 Å². The van der Waals surface area contributed by atoms with Gasteiger partial charge in [-0.15, -0.1) is 0 Å². The van der Waals surface area contributed by atoms with Crippen LogP contribution < -0.4 is 4.72 Å². The summed E-state index contributed by atoms with van der Waals surface area (Å²) in [5.41, 5.74) is 1.51. The average molecular weight is 421 g/mol. The molecule has 0 fully saturated rings. The molecule has 9 heteroatoms. The Labute approximate surface area is 172 Å². The third-order valence-corrected chi connectivity index (χ3v) is 5.24. The van der Waals surface area contributed by atoms with Gasteiger partial charge >= 0.3 is 6.09 Å². The number of hydrogen-bond acceptors (Lipinski definition) is 7. The lowest BCUT2D eigenvalue weighted by molar-refractivity contribution is 0.158. The Hall–Kier alpha value is -2.78. The maximum atomic E-state index is 11.9. The van der Waals surface area contributed by atoms with E-state index in [1.165, 1.54) is 44.2 Å². The summed E-state index contributed by atoms with van der Waals surface area (Å²) in [7, 11) is -3.98. The maximum Gasteiger partial charge on any atom is 0.447 e. The van der Waals surface area contributed by atoms with Gasteiger partial charge in [0.2, 0.25) is 0 Å². The van der Waals surface area contributed by atoms with Crippen molar-refractivity contribution in [2.75, 3.05) is 19.6 Å². The molecule has 0 unspecified atom stereocenters. The zero-order chi connectivity index (χ0) is 21.7. The predicted octanol–water partition coefficient (Wildman–Crippen LogP) is 3.19. The minimum absolute atomic E-state index is 0.0358. The fourth-order valence-corrected chi connectivity index (χ4v) is 3.03. The smallest absolute Gasteiger partial charge is 0.304 e. The highest BCUT2D eigenvalue weighted by Crippen LogP contribution is 2.09. The first-order valence-electron chi connectivity index (χ1n) is 9.28. The van der Waals surface area contributed by atoms with E-state index in [9.17, 15) is 13.2 Å². The van der Waals surface area contributed by atoms with E-state index in [0.29, 0.717) is 5.56 Å². The average Bonchev–Trinajstić information content (AvgIpc) is 2.70. The van der Waals surface area contributed by atoms with E-state index in [4.69, 9.17) is 0 Å². The number of pyridine rings is 1. The normalized spacial score (nSPS) is 11.1. The lowest BCUT2D eigenvalue weighted by Crippen LogP contribution is -2.30. The van der Waals surface area contributed by atoms with Crippen LogP contribution in [-0.2, 0) is 14.9 Å². The van der Waals surface area contributed by atoms with Crippen LogP contribution in [0.15, 0.2) is 58.8 Å². The molecule has 0 spiro atoms. The molecule has 1 aromatic heterocycles. The van der Waals surface area contributed by atoms with Crippen LogP contribution in [0.1, 0.15) is 31.9 Å². The molecule has 0 saturated carbocycles. The summed E-state index contributed by atoms with van der Waals surface area (Å²) >= 11 is 0. The van der Waals surface area contributed by atoms with Crippen LogP contribution in [0.3, 0.4) is 0 Å². The Morgan fingerprint density at radius 2 is 1.76 bits per heavy atom. The summed E-state index contributed by atoms with van der Waals surface area (Å²) in [6.07, 6.45) is 3.14. The Balaban J connectivity index is 0.000000516. The van der Waals surface area contributed by atoms with Crippen molar-refractivity contribution >= 4 is 22.3 Å². The minimum atomic E-state index is -3.98. The monoisotopic (exact) mass is 420 g/mol. The molecule has 0 saturated heterocycles. The van der Waals surface area contributed by atoms with Crippen molar-refractivity contribution in [3.05, 3.63) is 59.9 Å². The number of hydrogen-bond donors (Lipinski definition) is 1. The van der Waals surface area contributed by atoms with Crippen molar-refractivity contribution in [2.24, 2.45) is 5.16 Å². The van der Waals surface area contributed by atoms with Crippen molar-refractivity contribution in [1.82, 2.24) is 14.6 Å². The molecule has 1 amide bonds. The summed E-state index contributed by atoms with van der Waals surface area (Å²) in [4.78, 5) is 22.1. The molecule has 0 atom stereocenters. The van der Waals surface area contributed by atoms with Gasteiger partial charge in [-0.1, -0.05) is 49.7 Å². The van der Waals surface area contributed by atoms with E-state index < -0.39 is 16.1 Å². The third kappa shape index (κ3) is 9.31. The van der Waals surface area contributed by atoms with Crippen LogP contribution in [0, 0.1) is 6.92 Å². The standard InChI is InChI=1S/C14H13N3O4S.C6H15N/c1-11-4-6-13(7-5-11)22(19,20)17-14(18)21-16-10-12-3-2-8-15-9-12;1-4-7(5-2)6-3/h2-10H,1H3,(H,17,18);4-6H2,1-3H3/b16-10+;. The molecule has 2 aromatic rings. The van der Waals surface area contributed by atoms with E-state index in [2.05, 4.69) is 40.6 Å². The largest absolute Gasteiger partial charge is 0.447 e. The molecule has 0 aliphatic heterocycles. The van der Waals surface area contributed by atoms with Crippen LogP contribution in [-0.4, -0.2) is 50.2 Å². The molecule has 2 rings (SSSR count). The lowest BCUT2D eigenvalue weighted by Gasteiger charge is -2.13. The highest BCUT2D eigenvalue weighted by Gasteiger charge is 2.18. The Kier molecular flexibility index (Phi) is 10.6. The number of rotatable bonds is 7. The van der Waals surface area contributed by atoms with Crippen LogP contribution in [0.2, 0.25) is 0 Å². The minimum Gasteiger partial charge on any atom is -0.304 e. The quantitative estimate of drug-likeness (QED) is 0.419. The number of carbonyl (C=O) groups excluding carboxylic acids is 1. The summed E-state index contributed by atoms with van der Waals surface area (Å²) in [6.45, 7) is 11.9. The topological polar surface area (TPSA) is 101 Å². The van der Waals surface area contributed by atoms with Gasteiger partial charge in [0.25, 0.3) is 10.0 Å². The summed E-state index contributed by atoms with van der Waals surface area (Å²) in [5, 5.41) is 3.39. The second-order valence-electron chi connectivity index (χ2n) is 5.94. The van der Waals surface area contributed by atoms with Crippen LogP contribution in [0.25, 0.3) is 0 Å². The lowest BCUT2D eigenvalue weighted by atomic mass is 10.2. The number of carbonyl (C=O) groups is 1. The first-order chi connectivity index (χ1) is 13.8. The summed E-state index contributed by atoms with van der Waals surface area (Å²) in [5.74, 6) is 0. The zero-order valence-corrected chi connectivity index (χ0v) is 18.0. The number of aryl methyl sites for hydroxylation is 1. The number of amides is 1. The van der Waals surface area contributed by atoms with Gasteiger partial charge in [-0.25, -0.2) is 17.9 Å². The molecular formula is C20H28N4O4S. The van der Waals surface area contributed by atoms with Crippen molar-refractivity contribution in [3.63, 3.8) is 0 Å². The van der Waals surface area contributed by atoms with Gasteiger partial charge in [0.1, 0.15) is 0 Å². The van der Waals surface area contributed by atoms with Crippen LogP contribution in [0.4, 0.5) is 4.79 Å². The number of sulfonamides is 1. The van der Waals surface area contributed by atoms with Crippen LogP contribution in [0.5, 0.6) is 0 Å². The maximum absolute atomic E-state index is 11.9. The van der Waals surface area contributed by atoms with Crippen molar-refractivity contribution in [2.45, 2.75) is 32.6 Å². The molecule has 1 heterocycles. The van der Waals surface area contributed by atoms with Crippen molar-refractivity contribution in [1.29, 1.82) is 0 Å². The molecule has 8 nitrogen and oxygen atoms in total. The zero-order valence-electron chi connectivity index (χ0n) is 17.2. The molecule has 1 N–H and O–H groups in total. The number of nitrogens with zero attached hydrogens (tertiary/aromatic N) is 3. The third-order valence-electron chi connectivity index (χ3n) is 3.91. The van der Waals surface area contributed by atoms with E-state index in [-0.39, 0.29) is 4.90 Å². The van der Waals surface area contributed by atoms with Gasteiger partial charge in [-0.2, -0.15) is 0 Å². The molecule has 1 aromatic carbocycles. The highest BCUT2D eigenvalue weighted by atomic mass is 32.2. The van der Waals surface area contributed by atoms with Gasteiger partial charge in [0.15, 0.2) is 0 Å². The molecule has 0 aliphatic carbocycles. The van der Waals surface area contributed by atoms with Gasteiger partial charge < -0.3 is 4.90 Å². The van der Waals surface area contributed by atoms with Crippen molar-refractivity contribution in [3.8, 4) is 0 Å². The van der Waals surface area contributed by atoms with Crippen molar-refractivity contribution < 1.29 is 18.0 Å². The van der Waals surface area contributed by atoms with Crippen LogP contribution >= 0.6 is 0 Å². The Morgan fingerprint density at radius 3 is 2.24 bits per heavy atom. The number of oxime groups is 1. The fourth-order valence-electron chi connectivity index (χ4n) is 2.16. The van der Waals surface area contributed by atoms with E-state index in [1.807, 2.05) is 6.92 Å². The first-order valence-corrected chi connectivity index (χ1v) is 10.8. The molecule has 0 bridgehead atoms. The van der Waals surface area contributed by atoms with Gasteiger partial charge in [-0.3, -0.25) is 9.82 Å². The van der Waals surface area contributed by atoms with Gasteiger partial charge in [0, 0.05) is 18.0 Å². The fraction of sp³-hybridized carbons (Fsp3) is 0.350. The van der Waals surface area contributed by atoms with Gasteiger partial charge in [0.05, 0.1) is 11.1 Å². The molecule has 29 heavy (non-hydrogen) atoms. The molecule has 158 valence electrons. The number of benzene rings is 1. The SMILES string of the molecule is CCN(CC)CC.Cc1ccc(S(=O)(=O)NC(=O)O/N=C/c2cccnc2)cc1. The Bertz CT molecular complexity index is 860. The summed E-state index contributed by atoms with van der Waals surface area (Å²) < 4.78 is 25.6. The predicted molar refractivity (Wildman–Crippen MR) is 113 cm³/mol. The highest BCUT2D eigenvalue weighted by molar-refractivity contribution is 7.90. The first kappa shape index (κ1) is 24.3. The van der Waals surface area contributed by atoms with E-state index in [1.54, 1.807) is 35.2 Å². The van der Waals surface area contributed by atoms with Gasteiger partial charge in [-0.05, 0) is 44.8 Å². The second-order valence-corrected chi connectivity index (χ2v) is 7.62. The summed E-state index contributed by atoms with van der Waals surface area (Å²) in [6, 6.07) is 9.42. The second kappa shape index (κ2) is 12.6. The molecule has 0 radical (unpaired) electrons. The number of aromatic nitrogens is 1. The van der Waals surface area contributed by atoms with E-state index in [0.717, 1.165) is 5.56 Å². The Morgan fingerprint density at radius 1 is 1.14 bits per heavy atom. The molecular weight excluding hydrogens is 392 g/mol.